The predicted molar refractivity (Wildman–Crippen MR) is 80.1 cm³/mol. The van der Waals surface area contributed by atoms with E-state index >= 15 is 0 Å². The molecule has 0 amide bonds. The van der Waals surface area contributed by atoms with Crippen molar-refractivity contribution in [3.63, 3.8) is 0 Å². The van der Waals surface area contributed by atoms with Crippen molar-refractivity contribution in [1.82, 2.24) is 19.6 Å². The highest BCUT2D eigenvalue weighted by atomic mass is 16.3. The van der Waals surface area contributed by atoms with Crippen LogP contribution in [-0.2, 0) is 0 Å². The smallest absolute Gasteiger partial charge is 0.187 e. The van der Waals surface area contributed by atoms with Crippen LogP contribution in [0.25, 0.3) is 28.1 Å². The molecular formula is C16H12N4O. The van der Waals surface area contributed by atoms with Gasteiger partial charge < -0.3 is 5.11 Å². The highest BCUT2D eigenvalue weighted by molar-refractivity contribution is 5.86. The van der Waals surface area contributed by atoms with E-state index in [0.29, 0.717) is 17.0 Å². The van der Waals surface area contributed by atoms with Gasteiger partial charge in [-0.3, -0.25) is 4.40 Å². The molecule has 0 saturated heterocycles. The number of pyridine rings is 2. The molecule has 1 aromatic carbocycles. The predicted octanol–water partition coefficient (Wildman–Crippen LogP) is 2.96. The Balaban J connectivity index is 1.98. The molecular weight excluding hydrogens is 264 g/mol. The SMILES string of the molecule is Cc1ccn2c(-c3ccc4cccc(O)c4n3)nnc2c1. The zero-order valence-electron chi connectivity index (χ0n) is 11.4. The van der Waals surface area contributed by atoms with E-state index < -0.39 is 0 Å². The number of aromatic nitrogens is 4. The molecule has 5 nitrogen and oxygen atoms in total. The van der Waals surface area contributed by atoms with E-state index in [1.54, 1.807) is 12.1 Å². The van der Waals surface area contributed by atoms with E-state index in [-0.39, 0.29) is 5.75 Å². The zero-order valence-corrected chi connectivity index (χ0v) is 11.4. The lowest BCUT2D eigenvalue weighted by molar-refractivity contribution is 0.480. The van der Waals surface area contributed by atoms with Gasteiger partial charge in [0, 0.05) is 11.6 Å². The van der Waals surface area contributed by atoms with E-state index in [1.165, 1.54) is 0 Å². The van der Waals surface area contributed by atoms with Crippen molar-refractivity contribution in [2.24, 2.45) is 0 Å². The normalized spacial score (nSPS) is 11.3. The summed E-state index contributed by atoms with van der Waals surface area (Å²) in [4.78, 5) is 4.52. The number of fused-ring (bicyclic) bond motifs is 2. The Kier molecular flexibility index (Phi) is 2.41. The summed E-state index contributed by atoms with van der Waals surface area (Å²) in [5, 5.41) is 19.2. The van der Waals surface area contributed by atoms with Gasteiger partial charge in [0.25, 0.3) is 0 Å². The maximum Gasteiger partial charge on any atom is 0.187 e. The first-order valence-corrected chi connectivity index (χ1v) is 6.63. The van der Waals surface area contributed by atoms with Crippen LogP contribution in [0.5, 0.6) is 5.75 Å². The van der Waals surface area contributed by atoms with Gasteiger partial charge in [-0.15, -0.1) is 10.2 Å². The summed E-state index contributed by atoms with van der Waals surface area (Å²) >= 11 is 0. The average Bonchev–Trinajstić information content (AvgIpc) is 2.90. The lowest BCUT2D eigenvalue weighted by Crippen LogP contribution is -1.92. The lowest BCUT2D eigenvalue weighted by Gasteiger charge is -2.03. The van der Waals surface area contributed by atoms with Crippen LogP contribution in [0.15, 0.2) is 48.7 Å². The Labute approximate surface area is 120 Å². The molecule has 21 heavy (non-hydrogen) atoms. The van der Waals surface area contributed by atoms with Gasteiger partial charge >= 0.3 is 0 Å². The summed E-state index contributed by atoms with van der Waals surface area (Å²) in [5.74, 6) is 0.828. The Morgan fingerprint density at radius 3 is 2.86 bits per heavy atom. The number of hydrogen-bond donors (Lipinski definition) is 1. The van der Waals surface area contributed by atoms with Gasteiger partial charge in [-0.1, -0.05) is 18.2 Å². The number of aromatic hydroxyl groups is 1. The van der Waals surface area contributed by atoms with E-state index in [9.17, 15) is 5.11 Å². The fraction of sp³-hybridized carbons (Fsp3) is 0.0625. The number of benzene rings is 1. The molecule has 4 aromatic rings. The van der Waals surface area contributed by atoms with Crippen LogP contribution in [-0.4, -0.2) is 24.7 Å². The number of phenolic OH excluding ortho intramolecular Hbond substituents is 1. The van der Waals surface area contributed by atoms with E-state index in [2.05, 4.69) is 15.2 Å². The summed E-state index contributed by atoms with van der Waals surface area (Å²) in [6, 6.07) is 13.1. The monoisotopic (exact) mass is 276 g/mol. The third-order valence-electron chi connectivity index (χ3n) is 3.49. The maximum absolute atomic E-state index is 9.94. The summed E-state index contributed by atoms with van der Waals surface area (Å²) < 4.78 is 1.89. The van der Waals surface area contributed by atoms with Crippen LogP contribution in [0.3, 0.4) is 0 Å². The van der Waals surface area contributed by atoms with Crippen LogP contribution in [0.1, 0.15) is 5.56 Å². The number of para-hydroxylation sites is 1. The second-order valence-electron chi connectivity index (χ2n) is 5.00. The lowest BCUT2D eigenvalue weighted by atomic mass is 10.2. The molecule has 1 N–H and O–H groups in total. The van der Waals surface area contributed by atoms with Gasteiger partial charge in [-0.2, -0.15) is 0 Å². The number of nitrogens with zero attached hydrogens (tertiary/aromatic N) is 4. The van der Waals surface area contributed by atoms with Crippen LogP contribution in [0.4, 0.5) is 0 Å². The van der Waals surface area contributed by atoms with Crippen molar-refractivity contribution in [2.45, 2.75) is 6.92 Å². The van der Waals surface area contributed by atoms with Gasteiger partial charge in [-0.05, 0) is 36.8 Å². The maximum atomic E-state index is 9.94. The number of aryl methyl sites for hydroxylation is 1. The minimum Gasteiger partial charge on any atom is -0.506 e. The standard InChI is InChI=1S/C16H12N4O/c1-10-7-8-20-14(9-10)18-19-16(20)12-6-5-11-3-2-4-13(21)15(11)17-12/h2-9,21H,1H3. The molecule has 0 aliphatic heterocycles. The molecule has 0 aliphatic rings. The minimum absolute atomic E-state index is 0.166. The van der Waals surface area contributed by atoms with Gasteiger partial charge in [-0.25, -0.2) is 4.98 Å². The number of hydrogen-bond acceptors (Lipinski definition) is 4. The quantitative estimate of drug-likeness (QED) is 0.580. The molecule has 102 valence electrons. The molecule has 0 fully saturated rings. The molecule has 5 heteroatoms. The summed E-state index contributed by atoms with van der Waals surface area (Å²) in [5.41, 5.74) is 3.16. The minimum atomic E-state index is 0.166. The molecule has 0 unspecified atom stereocenters. The van der Waals surface area contributed by atoms with E-state index in [0.717, 1.165) is 16.6 Å². The molecule has 0 radical (unpaired) electrons. The summed E-state index contributed by atoms with van der Waals surface area (Å²) in [6.07, 6.45) is 1.93. The topological polar surface area (TPSA) is 63.3 Å². The fourth-order valence-electron chi connectivity index (χ4n) is 2.42. The van der Waals surface area contributed by atoms with Crippen molar-refractivity contribution in [2.75, 3.05) is 0 Å². The van der Waals surface area contributed by atoms with Crippen molar-refractivity contribution < 1.29 is 5.11 Å². The second-order valence-corrected chi connectivity index (χ2v) is 5.00. The molecule has 4 rings (SSSR count). The highest BCUT2D eigenvalue weighted by Crippen LogP contribution is 2.25. The third-order valence-corrected chi connectivity index (χ3v) is 3.49. The van der Waals surface area contributed by atoms with Crippen molar-refractivity contribution >= 4 is 16.6 Å². The molecule has 3 aromatic heterocycles. The summed E-state index contributed by atoms with van der Waals surface area (Å²) in [6.45, 7) is 2.01. The van der Waals surface area contributed by atoms with Crippen LogP contribution >= 0.6 is 0 Å². The van der Waals surface area contributed by atoms with Crippen molar-refractivity contribution in [3.05, 3.63) is 54.2 Å². The Hall–Kier alpha value is -2.95. The first kappa shape index (κ1) is 11.8. The fourth-order valence-corrected chi connectivity index (χ4v) is 2.42. The Morgan fingerprint density at radius 1 is 1.05 bits per heavy atom. The summed E-state index contributed by atoms with van der Waals surface area (Å²) in [7, 11) is 0. The van der Waals surface area contributed by atoms with Crippen LogP contribution in [0, 0.1) is 6.92 Å². The van der Waals surface area contributed by atoms with Gasteiger partial charge in [0.1, 0.15) is 17.0 Å². The highest BCUT2D eigenvalue weighted by Gasteiger charge is 2.11. The molecule has 3 heterocycles. The van der Waals surface area contributed by atoms with Crippen LogP contribution < -0.4 is 0 Å². The molecule has 0 aliphatic carbocycles. The van der Waals surface area contributed by atoms with Crippen molar-refractivity contribution in [3.8, 4) is 17.3 Å². The van der Waals surface area contributed by atoms with Gasteiger partial charge in [0.15, 0.2) is 11.5 Å². The van der Waals surface area contributed by atoms with E-state index in [4.69, 9.17) is 0 Å². The van der Waals surface area contributed by atoms with E-state index in [1.807, 2.05) is 47.9 Å². The first-order valence-electron chi connectivity index (χ1n) is 6.63. The average molecular weight is 276 g/mol. The Bertz CT molecular complexity index is 975. The molecule has 0 bridgehead atoms. The van der Waals surface area contributed by atoms with Gasteiger partial charge in [0.05, 0.1) is 0 Å². The molecule has 0 atom stereocenters. The third kappa shape index (κ3) is 1.82. The number of rotatable bonds is 1. The van der Waals surface area contributed by atoms with Crippen LogP contribution in [0.2, 0.25) is 0 Å². The first-order chi connectivity index (χ1) is 10.2. The van der Waals surface area contributed by atoms with Gasteiger partial charge in [0.2, 0.25) is 0 Å². The molecule has 0 spiro atoms. The van der Waals surface area contributed by atoms with Crippen molar-refractivity contribution in [1.29, 1.82) is 0 Å². The second kappa shape index (κ2) is 4.28. The largest absolute Gasteiger partial charge is 0.506 e. The Morgan fingerprint density at radius 2 is 1.95 bits per heavy atom. The zero-order chi connectivity index (χ0) is 14.4. The number of phenols is 1. The molecule has 0 saturated carbocycles.